The van der Waals surface area contributed by atoms with E-state index in [0.29, 0.717) is 19.5 Å². The fourth-order valence-corrected chi connectivity index (χ4v) is 4.21. The lowest BCUT2D eigenvalue weighted by Gasteiger charge is -2.30. The van der Waals surface area contributed by atoms with Gasteiger partial charge in [-0.25, -0.2) is 0 Å². The number of hydrogen-bond acceptors (Lipinski definition) is 4. The second kappa shape index (κ2) is 10.4. The van der Waals surface area contributed by atoms with E-state index in [9.17, 15) is 14.7 Å². The van der Waals surface area contributed by atoms with Crippen molar-refractivity contribution in [3.05, 3.63) is 82.6 Å². The van der Waals surface area contributed by atoms with Gasteiger partial charge in [0.1, 0.15) is 0 Å². The average Bonchev–Trinajstić information content (AvgIpc) is 3.04. The molecule has 1 heterocycles. The summed E-state index contributed by atoms with van der Waals surface area (Å²) in [6.45, 7) is 9.07. The highest BCUT2D eigenvalue weighted by atomic mass is 16.3. The molecular formula is C26H32N2O3. The van der Waals surface area contributed by atoms with Crippen LogP contribution in [-0.2, 0) is 16.0 Å². The summed E-state index contributed by atoms with van der Waals surface area (Å²) in [5, 5.41) is 10.8. The first-order valence-electron chi connectivity index (χ1n) is 11.1. The van der Waals surface area contributed by atoms with E-state index >= 15 is 0 Å². The Bertz CT molecular complexity index is 948. The smallest absolute Gasteiger partial charge is 0.290 e. The second-order valence-electron chi connectivity index (χ2n) is 7.96. The van der Waals surface area contributed by atoms with Crippen LogP contribution >= 0.6 is 0 Å². The standard InChI is InChI=1S/C26H32N2O3/c1-4-27(5-2)17-18-28-24(21-14-10-9-11-19(21)3)23(25(30)26(28)31)22(29)16-15-20-12-7-6-8-13-20/h6-14,24,30H,4-5,15-18H2,1-3H3. The van der Waals surface area contributed by atoms with Crippen LogP contribution in [0.1, 0.15) is 43.0 Å². The summed E-state index contributed by atoms with van der Waals surface area (Å²) >= 11 is 0. The molecule has 0 radical (unpaired) electrons. The maximum absolute atomic E-state index is 13.3. The van der Waals surface area contributed by atoms with E-state index in [0.717, 1.165) is 29.8 Å². The zero-order chi connectivity index (χ0) is 22.4. The van der Waals surface area contributed by atoms with Gasteiger partial charge in [0.15, 0.2) is 11.5 Å². The van der Waals surface area contributed by atoms with Crippen molar-refractivity contribution in [3.8, 4) is 0 Å². The molecule has 31 heavy (non-hydrogen) atoms. The molecule has 1 N–H and O–H groups in total. The van der Waals surface area contributed by atoms with Gasteiger partial charge in [0, 0.05) is 19.5 Å². The van der Waals surface area contributed by atoms with Gasteiger partial charge in [0.2, 0.25) is 0 Å². The average molecular weight is 421 g/mol. The van der Waals surface area contributed by atoms with Crippen LogP contribution in [0.5, 0.6) is 0 Å². The first-order chi connectivity index (χ1) is 15.0. The number of carbonyl (C=O) groups is 2. The van der Waals surface area contributed by atoms with Gasteiger partial charge >= 0.3 is 0 Å². The van der Waals surface area contributed by atoms with Gasteiger partial charge in [-0.05, 0) is 43.1 Å². The number of rotatable bonds is 10. The normalized spacial score (nSPS) is 16.5. The number of benzene rings is 2. The topological polar surface area (TPSA) is 60.9 Å². The summed E-state index contributed by atoms with van der Waals surface area (Å²) in [6.07, 6.45) is 0.827. The van der Waals surface area contributed by atoms with Gasteiger partial charge in [0.05, 0.1) is 11.6 Å². The van der Waals surface area contributed by atoms with Crippen LogP contribution in [0.25, 0.3) is 0 Å². The van der Waals surface area contributed by atoms with Gasteiger partial charge in [-0.15, -0.1) is 0 Å². The minimum Gasteiger partial charge on any atom is -0.503 e. The Hall–Kier alpha value is -2.92. The summed E-state index contributed by atoms with van der Waals surface area (Å²) in [5.41, 5.74) is 3.18. The summed E-state index contributed by atoms with van der Waals surface area (Å²) in [5.74, 6) is -1.03. The zero-order valence-corrected chi connectivity index (χ0v) is 18.7. The van der Waals surface area contributed by atoms with Crippen molar-refractivity contribution in [2.75, 3.05) is 26.2 Å². The summed E-state index contributed by atoms with van der Waals surface area (Å²) in [7, 11) is 0. The van der Waals surface area contributed by atoms with Crippen LogP contribution in [0, 0.1) is 6.92 Å². The van der Waals surface area contributed by atoms with Gasteiger partial charge < -0.3 is 14.9 Å². The molecule has 1 atom stereocenters. The number of Topliss-reactive ketones (excluding diaryl/α,β-unsaturated/α-hetero) is 1. The molecule has 5 nitrogen and oxygen atoms in total. The quantitative estimate of drug-likeness (QED) is 0.625. The van der Waals surface area contributed by atoms with Crippen LogP contribution in [0.4, 0.5) is 0 Å². The lowest BCUT2D eigenvalue weighted by atomic mass is 9.91. The van der Waals surface area contributed by atoms with E-state index in [1.54, 1.807) is 4.90 Å². The number of aliphatic hydroxyl groups excluding tert-OH is 1. The Balaban J connectivity index is 1.90. The Morgan fingerprint density at radius 1 is 1.03 bits per heavy atom. The number of hydrogen-bond donors (Lipinski definition) is 1. The molecule has 0 spiro atoms. The van der Waals surface area contributed by atoms with E-state index in [2.05, 4.69) is 18.7 Å². The highest BCUT2D eigenvalue weighted by Crippen LogP contribution is 2.39. The van der Waals surface area contributed by atoms with Crippen molar-refractivity contribution in [1.82, 2.24) is 9.80 Å². The molecule has 0 saturated carbocycles. The van der Waals surface area contributed by atoms with E-state index < -0.39 is 17.7 Å². The van der Waals surface area contributed by atoms with Crippen molar-refractivity contribution >= 4 is 11.7 Å². The van der Waals surface area contributed by atoms with Gasteiger partial charge in [0.25, 0.3) is 5.91 Å². The summed E-state index contributed by atoms with van der Waals surface area (Å²) < 4.78 is 0. The first kappa shape index (κ1) is 22.8. The first-order valence-corrected chi connectivity index (χ1v) is 11.1. The molecule has 1 amide bonds. The van der Waals surface area contributed by atoms with E-state index in [4.69, 9.17) is 0 Å². The number of aliphatic hydroxyl groups is 1. The predicted molar refractivity (Wildman–Crippen MR) is 123 cm³/mol. The summed E-state index contributed by atoms with van der Waals surface area (Å²) in [6, 6.07) is 17.0. The van der Waals surface area contributed by atoms with Crippen molar-refractivity contribution < 1.29 is 14.7 Å². The molecule has 3 rings (SSSR count). The molecule has 5 heteroatoms. The molecule has 2 aromatic carbocycles. The third kappa shape index (κ3) is 5.05. The molecular weight excluding hydrogens is 388 g/mol. The third-order valence-corrected chi connectivity index (χ3v) is 6.12. The third-order valence-electron chi connectivity index (χ3n) is 6.12. The monoisotopic (exact) mass is 420 g/mol. The second-order valence-corrected chi connectivity index (χ2v) is 7.96. The van der Waals surface area contributed by atoms with Crippen molar-refractivity contribution in [1.29, 1.82) is 0 Å². The van der Waals surface area contributed by atoms with Crippen LogP contribution < -0.4 is 0 Å². The molecule has 0 aromatic heterocycles. The molecule has 0 bridgehead atoms. The van der Waals surface area contributed by atoms with Crippen LogP contribution in [0.15, 0.2) is 65.9 Å². The SMILES string of the molecule is CCN(CC)CCN1C(=O)C(O)=C(C(=O)CCc2ccccc2)C1c1ccccc1C. The number of ketones is 1. The maximum atomic E-state index is 13.3. The Labute approximate surface area is 185 Å². The highest BCUT2D eigenvalue weighted by molar-refractivity contribution is 6.09. The summed E-state index contributed by atoms with van der Waals surface area (Å²) in [4.78, 5) is 30.2. The Morgan fingerprint density at radius 3 is 2.32 bits per heavy atom. The molecule has 164 valence electrons. The van der Waals surface area contributed by atoms with Crippen LogP contribution in [0.3, 0.4) is 0 Å². The highest BCUT2D eigenvalue weighted by Gasteiger charge is 2.43. The maximum Gasteiger partial charge on any atom is 0.290 e. The molecule has 0 fully saturated rings. The van der Waals surface area contributed by atoms with Crippen molar-refractivity contribution in [3.63, 3.8) is 0 Å². The number of carbonyl (C=O) groups excluding carboxylic acids is 2. The number of nitrogens with zero attached hydrogens (tertiary/aromatic N) is 2. The van der Waals surface area contributed by atoms with Gasteiger partial charge in [-0.3, -0.25) is 9.59 Å². The van der Waals surface area contributed by atoms with E-state index in [-0.39, 0.29) is 17.8 Å². The Morgan fingerprint density at radius 2 is 1.68 bits per heavy atom. The Kier molecular flexibility index (Phi) is 7.64. The van der Waals surface area contributed by atoms with Gasteiger partial charge in [-0.1, -0.05) is 68.4 Å². The molecule has 1 aliphatic heterocycles. The lowest BCUT2D eigenvalue weighted by Crippen LogP contribution is -2.38. The van der Waals surface area contributed by atoms with Crippen molar-refractivity contribution in [2.45, 2.75) is 39.7 Å². The zero-order valence-electron chi connectivity index (χ0n) is 18.7. The fourth-order valence-electron chi connectivity index (χ4n) is 4.21. The molecule has 2 aromatic rings. The van der Waals surface area contributed by atoms with Crippen molar-refractivity contribution in [2.24, 2.45) is 0 Å². The number of likely N-dealkylation sites (N-methyl/N-ethyl adjacent to an activating group) is 1. The largest absolute Gasteiger partial charge is 0.503 e. The molecule has 1 unspecified atom stereocenters. The molecule has 1 aliphatic rings. The van der Waals surface area contributed by atoms with E-state index in [1.807, 2.05) is 61.5 Å². The van der Waals surface area contributed by atoms with Gasteiger partial charge in [-0.2, -0.15) is 0 Å². The number of aryl methyl sites for hydroxylation is 2. The minimum absolute atomic E-state index is 0.173. The number of amides is 1. The minimum atomic E-state index is -0.549. The van der Waals surface area contributed by atoms with E-state index in [1.165, 1.54) is 0 Å². The lowest BCUT2D eigenvalue weighted by molar-refractivity contribution is -0.129. The van der Waals surface area contributed by atoms with Crippen LogP contribution in [-0.4, -0.2) is 52.8 Å². The molecule has 0 aliphatic carbocycles. The fraction of sp³-hybridized carbons (Fsp3) is 0.385. The van der Waals surface area contributed by atoms with Crippen LogP contribution in [0.2, 0.25) is 0 Å². The molecule has 0 saturated heterocycles. The predicted octanol–water partition coefficient (Wildman–Crippen LogP) is 4.23.